The van der Waals surface area contributed by atoms with Crippen molar-refractivity contribution in [3.8, 4) is 0 Å². The number of rotatable bonds is 8. The Morgan fingerprint density at radius 2 is 1.84 bits per heavy atom. The van der Waals surface area contributed by atoms with Crippen molar-refractivity contribution >= 4 is 32.4 Å². The molecule has 1 saturated heterocycles. The highest BCUT2D eigenvalue weighted by Gasteiger charge is 2.19. The first-order valence-corrected chi connectivity index (χ1v) is 13.5. The summed E-state index contributed by atoms with van der Waals surface area (Å²) >= 11 is 1.40. The Balaban J connectivity index is 1.44. The van der Waals surface area contributed by atoms with E-state index in [-0.39, 0.29) is 29.2 Å². The van der Waals surface area contributed by atoms with Crippen molar-refractivity contribution < 1.29 is 13.2 Å². The molecule has 1 aromatic heterocycles. The first-order valence-electron chi connectivity index (χ1n) is 11.1. The Morgan fingerprint density at radius 3 is 2.47 bits per heavy atom. The van der Waals surface area contributed by atoms with Crippen LogP contribution in [0.3, 0.4) is 0 Å². The van der Waals surface area contributed by atoms with E-state index in [4.69, 9.17) is 0 Å². The summed E-state index contributed by atoms with van der Waals surface area (Å²) in [7, 11) is -3.66. The van der Waals surface area contributed by atoms with Crippen LogP contribution in [0.5, 0.6) is 0 Å². The van der Waals surface area contributed by atoms with Crippen molar-refractivity contribution in [3.63, 3.8) is 0 Å². The van der Waals surface area contributed by atoms with Crippen LogP contribution in [0.25, 0.3) is 0 Å². The average Bonchev–Trinajstić information content (AvgIpc) is 3.15. The molecule has 1 fully saturated rings. The summed E-state index contributed by atoms with van der Waals surface area (Å²) < 4.78 is 27.5. The van der Waals surface area contributed by atoms with E-state index in [0.717, 1.165) is 36.8 Å². The number of sulfonamides is 1. The zero-order valence-electron chi connectivity index (χ0n) is 19.3. The quantitative estimate of drug-likeness (QED) is 0.599. The number of benzene rings is 1. The number of nitrogens with zero attached hydrogens (tertiary/aromatic N) is 2. The molecular formula is C23H34N4O3S2. The Kier molecular flexibility index (Phi) is 8.08. The number of anilines is 1. The summed E-state index contributed by atoms with van der Waals surface area (Å²) in [6.07, 6.45) is 2.47. The van der Waals surface area contributed by atoms with Gasteiger partial charge in [0.25, 0.3) is 0 Å². The summed E-state index contributed by atoms with van der Waals surface area (Å²) in [5.41, 5.74) is 1.98. The summed E-state index contributed by atoms with van der Waals surface area (Å²) in [4.78, 5) is 19.3. The third kappa shape index (κ3) is 7.10. The van der Waals surface area contributed by atoms with Gasteiger partial charge >= 0.3 is 0 Å². The second-order valence-electron chi connectivity index (χ2n) is 9.57. The number of piperidine rings is 1. The highest BCUT2D eigenvalue weighted by Crippen LogP contribution is 2.23. The van der Waals surface area contributed by atoms with Gasteiger partial charge in [-0.1, -0.05) is 39.8 Å². The number of nitrogens with one attached hydrogen (secondary N) is 2. The fourth-order valence-corrected chi connectivity index (χ4v) is 5.33. The van der Waals surface area contributed by atoms with Gasteiger partial charge in [-0.05, 0) is 55.0 Å². The summed E-state index contributed by atoms with van der Waals surface area (Å²) in [6.45, 7) is 11.5. The van der Waals surface area contributed by atoms with Gasteiger partial charge < -0.3 is 5.32 Å². The molecule has 7 nitrogen and oxygen atoms in total. The van der Waals surface area contributed by atoms with E-state index < -0.39 is 10.0 Å². The van der Waals surface area contributed by atoms with Crippen molar-refractivity contribution in [1.82, 2.24) is 14.6 Å². The maximum Gasteiger partial charge on any atom is 0.240 e. The molecule has 176 valence electrons. The zero-order valence-corrected chi connectivity index (χ0v) is 21.0. The molecular weight excluding hydrogens is 444 g/mol. The first-order chi connectivity index (χ1) is 15.0. The average molecular weight is 479 g/mol. The lowest BCUT2D eigenvalue weighted by atomic mass is 9.87. The van der Waals surface area contributed by atoms with Crippen molar-refractivity contribution in [2.24, 2.45) is 5.92 Å². The van der Waals surface area contributed by atoms with Gasteiger partial charge in [0.1, 0.15) is 0 Å². The Bertz CT molecular complexity index is 1000. The second kappa shape index (κ2) is 10.4. The predicted molar refractivity (Wildman–Crippen MR) is 129 cm³/mol. The molecule has 2 aromatic rings. The number of likely N-dealkylation sites (tertiary alicyclic amines) is 1. The lowest BCUT2D eigenvalue weighted by molar-refractivity contribution is -0.116. The molecule has 0 aliphatic carbocycles. The van der Waals surface area contributed by atoms with Crippen molar-refractivity contribution in [2.45, 2.75) is 63.8 Å². The number of hydrogen-bond donors (Lipinski definition) is 2. The van der Waals surface area contributed by atoms with E-state index in [0.29, 0.717) is 5.13 Å². The Labute approximate surface area is 195 Å². The topological polar surface area (TPSA) is 91.4 Å². The van der Waals surface area contributed by atoms with Gasteiger partial charge in [0.2, 0.25) is 15.9 Å². The van der Waals surface area contributed by atoms with Crippen molar-refractivity contribution in [1.29, 1.82) is 0 Å². The van der Waals surface area contributed by atoms with Crippen LogP contribution in [-0.4, -0.2) is 43.8 Å². The first kappa shape index (κ1) is 24.8. The van der Waals surface area contributed by atoms with Gasteiger partial charge in [0.15, 0.2) is 5.13 Å². The van der Waals surface area contributed by atoms with E-state index in [9.17, 15) is 13.2 Å². The third-order valence-electron chi connectivity index (χ3n) is 5.73. The molecule has 0 spiro atoms. The van der Waals surface area contributed by atoms with Crippen molar-refractivity contribution in [2.75, 3.05) is 25.0 Å². The zero-order chi connectivity index (χ0) is 23.4. The molecule has 1 aliphatic heterocycles. The molecule has 2 heterocycles. The van der Waals surface area contributed by atoms with E-state index in [1.807, 2.05) is 17.5 Å². The van der Waals surface area contributed by atoms with E-state index in [1.165, 1.54) is 24.2 Å². The maximum atomic E-state index is 12.5. The summed E-state index contributed by atoms with van der Waals surface area (Å²) in [5, 5.41) is 5.29. The molecule has 0 unspecified atom stereocenters. The molecule has 1 aliphatic rings. The number of carbonyl (C=O) groups excluding carboxylic acids is 1. The van der Waals surface area contributed by atoms with Crippen LogP contribution < -0.4 is 10.0 Å². The molecule has 1 amide bonds. The molecule has 9 heteroatoms. The van der Waals surface area contributed by atoms with Crippen molar-refractivity contribution in [3.05, 3.63) is 40.9 Å². The van der Waals surface area contributed by atoms with E-state index in [2.05, 4.69) is 47.6 Å². The van der Waals surface area contributed by atoms with Crippen LogP contribution in [-0.2, 0) is 26.8 Å². The smallest absolute Gasteiger partial charge is 0.240 e. The SMILES string of the molecule is CC1CCN(Cc2csc(NC(=O)CCNS(=O)(=O)c3ccc(C(C)(C)C)cc3)n2)CC1. The molecule has 0 radical (unpaired) electrons. The molecule has 32 heavy (non-hydrogen) atoms. The van der Waals surface area contributed by atoms with Gasteiger partial charge in [-0.2, -0.15) is 0 Å². The van der Waals surface area contributed by atoms with Crippen LogP contribution in [0.1, 0.15) is 58.2 Å². The lowest BCUT2D eigenvalue weighted by Crippen LogP contribution is -2.32. The van der Waals surface area contributed by atoms with Gasteiger partial charge in [0, 0.05) is 24.9 Å². The lowest BCUT2D eigenvalue weighted by Gasteiger charge is -2.29. The highest BCUT2D eigenvalue weighted by atomic mass is 32.2. The number of aromatic nitrogens is 1. The molecule has 2 N–H and O–H groups in total. The number of carbonyl (C=O) groups is 1. The Morgan fingerprint density at radius 1 is 1.19 bits per heavy atom. The van der Waals surface area contributed by atoms with Crippen LogP contribution in [0.4, 0.5) is 5.13 Å². The number of hydrogen-bond acceptors (Lipinski definition) is 6. The molecule has 0 bridgehead atoms. The minimum absolute atomic E-state index is 0.0272. The normalized spacial score (nSPS) is 16.2. The molecule has 1 aromatic carbocycles. The minimum atomic E-state index is -3.66. The third-order valence-corrected chi connectivity index (χ3v) is 8.02. The maximum absolute atomic E-state index is 12.5. The number of thiazole rings is 1. The fourth-order valence-electron chi connectivity index (χ4n) is 3.58. The monoisotopic (exact) mass is 478 g/mol. The van der Waals surface area contributed by atoms with Crippen LogP contribution >= 0.6 is 11.3 Å². The second-order valence-corrected chi connectivity index (χ2v) is 12.2. The predicted octanol–water partition coefficient (Wildman–Crippen LogP) is 3.98. The van der Waals surface area contributed by atoms with Gasteiger partial charge in [-0.3, -0.25) is 9.69 Å². The van der Waals surface area contributed by atoms with Gasteiger partial charge in [-0.25, -0.2) is 18.1 Å². The largest absolute Gasteiger partial charge is 0.302 e. The molecule has 0 saturated carbocycles. The fraction of sp³-hybridized carbons (Fsp3) is 0.565. The minimum Gasteiger partial charge on any atom is -0.302 e. The number of amides is 1. The highest BCUT2D eigenvalue weighted by molar-refractivity contribution is 7.89. The standard InChI is InChI=1S/C23H34N4O3S2/c1-17-10-13-27(14-11-17)15-19-16-31-22(25-19)26-21(28)9-12-24-32(29,30)20-7-5-18(6-8-20)23(2,3)4/h5-8,16-17,24H,9-15H2,1-4H3,(H,25,26,28). The molecule has 3 rings (SSSR count). The van der Waals surface area contributed by atoms with Crippen LogP contribution in [0.15, 0.2) is 34.5 Å². The summed E-state index contributed by atoms with van der Waals surface area (Å²) in [6, 6.07) is 6.85. The molecule has 0 atom stereocenters. The van der Waals surface area contributed by atoms with Crippen LogP contribution in [0.2, 0.25) is 0 Å². The summed E-state index contributed by atoms with van der Waals surface area (Å²) in [5.74, 6) is 0.528. The van der Waals surface area contributed by atoms with Crippen LogP contribution in [0, 0.1) is 5.92 Å². The van der Waals surface area contributed by atoms with E-state index in [1.54, 1.807) is 12.1 Å². The van der Waals surface area contributed by atoms with Gasteiger partial charge in [-0.15, -0.1) is 11.3 Å². The van der Waals surface area contributed by atoms with Gasteiger partial charge in [0.05, 0.1) is 10.6 Å². The van der Waals surface area contributed by atoms with E-state index >= 15 is 0 Å². The Hall–Kier alpha value is -1.81.